The van der Waals surface area contributed by atoms with Crippen LogP contribution in [0, 0.1) is 0 Å². The molecule has 0 atom stereocenters. The van der Waals surface area contributed by atoms with Crippen molar-refractivity contribution in [3.63, 3.8) is 0 Å². The van der Waals surface area contributed by atoms with Crippen LogP contribution in [-0.2, 0) is 32.1 Å². The summed E-state index contributed by atoms with van der Waals surface area (Å²) in [7, 11) is -10.3. The van der Waals surface area contributed by atoms with Crippen molar-refractivity contribution in [1.82, 2.24) is 0 Å². The fourth-order valence-electron chi connectivity index (χ4n) is 2.27. The van der Waals surface area contributed by atoms with Crippen LogP contribution in [-0.4, -0.2) is 21.7 Å². The first kappa shape index (κ1) is 26.3. The molecule has 0 aliphatic heterocycles. The van der Waals surface area contributed by atoms with Gasteiger partial charge in [-0.25, -0.2) is 9.13 Å². The second kappa shape index (κ2) is 14.3. The van der Waals surface area contributed by atoms with E-state index < -0.39 is 27.6 Å². The molecule has 0 aromatic rings. The van der Waals surface area contributed by atoms with Gasteiger partial charge in [0.2, 0.25) is 0 Å². The highest BCUT2D eigenvalue weighted by Gasteiger charge is 2.42. The van der Waals surface area contributed by atoms with Crippen molar-refractivity contribution in [2.75, 3.05) is 0 Å². The van der Waals surface area contributed by atoms with Crippen LogP contribution in [0.15, 0.2) is 0 Å². The Morgan fingerprint density at radius 2 is 1.07 bits per heavy atom. The van der Waals surface area contributed by atoms with Crippen LogP contribution in [0.4, 0.5) is 0 Å². The molecule has 11 heteroatoms. The van der Waals surface area contributed by atoms with Gasteiger partial charge in [0, 0.05) is 12.8 Å². The molecule has 27 heavy (non-hydrogen) atoms. The predicted molar refractivity (Wildman–Crippen MR) is 99.7 cm³/mol. The van der Waals surface area contributed by atoms with E-state index in [1.165, 1.54) is 0 Å². The topological polar surface area (TPSA) is 136 Å². The van der Waals surface area contributed by atoms with Gasteiger partial charge >= 0.3 is 27.6 Å². The lowest BCUT2D eigenvalue weighted by atomic mass is 10.1. The summed E-state index contributed by atoms with van der Waals surface area (Å²) in [5.74, 6) is -2.00. The van der Waals surface area contributed by atoms with Crippen molar-refractivity contribution in [2.45, 2.75) is 90.9 Å². The van der Waals surface area contributed by atoms with E-state index in [-0.39, 0.29) is 12.8 Å². The Morgan fingerprint density at radius 1 is 0.704 bits per heavy atom. The summed E-state index contributed by atoms with van der Waals surface area (Å²) in [4.78, 5) is 41.3. The molecule has 0 heterocycles. The van der Waals surface area contributed by atoms with Crippen molar-refractivity contribution in [3.05, 3.63) is 0 Å². The van der Waals surface area contributed by atoms with Gasteiger partial charge in [-0.2, -0.15) is 4.31 Å². The van der Waals surface area contributed by atoms with E-state index in [2.05, 4.69) is 13.4 Å². The Bertz CT molecular complexity index is 498. The number of carbonyl (C=O) groups excluding carboxylic acids is 2. The molecule has 0 radical (unpaired) electrons. The van der Waals surface area contributed by atoms with Crippen molar-refractivity contribution < 1.29 is 41.9 Å². The van der Waals surface area contributed by atoms with Gasteiger partial charge in [0.15, 0.2) is 0 Å². The maximum absolute atomic E-state index is 12.3. The van der Waals surface area contributed by atoms with Gasteiger partial charge in [-0.15, -0.1) is 0 Å². The van der Waals surface area contributed by atoms with Crippen LogP contribution >= 0.6 is 15.6 Å². The largest absolute Gasteiger partial charge is 0.601 e. The van der Waals surface area contributed by atoms with E-state index in [9.17, 15) is 18.7 Å². The average Bonchev–Trinajstić information content (AvgIpc) is 2.52. The zero-order valence-corrected chi connectivity index (χ0v) is 17.9. The molecule has 0 fully saturated rings. The van der Waals surface area contributed by atoms with E-state index in [1.807, 2.05) is 13.8 Å². The van der Waals surface area contributed by atoms with Crippen LogP contribution in [0.2, 0.25) is 0 Å². The molecule has 0 aromatic carbocycles. The fraction of sp³-hybridized carbons (Fsp3) is 0.875. The van der Waals surface area contributed by atoms with E-state index in [0.717, 1.165) is 51.4 Å². The average molecular weight is 430 g/mol. The maximum atomic E-state index is 12.3. The van der Waals surface area contributed by atoms with Crippen molar-refractivity contribution in [3.8, 4) is 0 Å². The van der Waals surface area contributed by atoms with Crippen LogP contribution in [0.5, 0.6) is 0 Å². The maximum Gasteiger partial charge on any atom is 0.601 e. The Labute approximate surface area is 161 Å². The lowest BCUT2D eigenvalue weighted by molar-refractivity contribution is -0.140. The summed E-state index contributed by atoms with van der Waals surface area (Å²) in [6, 6.07) is 0. The number of phosphoric ester groups is 1. The summed E-state index contributed by atoms with van der Waals surface area (Å²) in [5.41, 5.74) is 0. The summed E-state index contributed by atoms with van der Waals surface area (Å²) < 4.78 is 36.3. The monoisotopic (exact) mass is 430 g/mol. The SMILES string of the molecule is CCCCCCCC(=O)OP(=O)(OC(=O)CCCCCCC)OP(=O)(O)O. The highest BCUT2D eigenvalue weighted by Crippen LogP contribution is 2.61. The highest BCUT2D eigenvalue weighted by molar-refractivity contribution is 7.61. The van der Waals surface area contributed by atoms with Gasteiger partial charge in [0.25, 0.3) is 0 Å². The molecule has 0 aromatic heterocycles. The third-order valence-corrected chi connectivity index (χ3v) is 6.11. The fourth-order valence-corrected chi connectivity index (χ4v) is 4.30. The first-order valence-corrected chi connectivity index (χ1v) is 12.4. The molecule has 9 nitrogen and oxygen atoms in total. The molecular formula is C16H32O9P2. The second-order valence-electron chi connectivity index (χ2n) is 6.27. The van der Waals surface area contributed by atoms with E-state index in [0.29, 0.717) is 12.8 Å². The number of unbranched alkanes of at least 4 members (excludes halogenated alkanes) is 8. The molecule has 2 N–H and O–H groups in total. The smallest absolute Gasteiger partial charge is 0.361 e. The zero-order chi connectivity index (χ0) is 20.8. The molecule has 160 valence electrons. The van der Waals surface area contributed by atoms with Crippen molar-refractivity contribution in [2.24, 2.45) is 0 Å². The number of hydrogen-bond acceptors (Lipinski definition) is 7. The minimum Gasteiger partial charge on any atom is -0.361 e. The number of hydrogen-bond donors (Lipinski definition) is 2. The first-order chi connectivity index (χ1) is 12.6. The van der Waals surface area contributed by atoms with Gasteiger partial charge in [-0.05, 0) is 12.8 Å². The standard InChI is InChI=1S/C16H32O9P2/c1-3-5-7-9-11-13-15(17)23-27(22,25-26(19,20)21)24-16(18)14-12-10-8-6-4-2/h3-14H2,1-2H3,(H2,19,20,21). The Morgan fingerprint density at radius 3 is 1.41 bits per heavy atom. The van der Waals surface area contributed by atoms with Gasteiger partial charge in [-0.1, -0.05) is 65.2 Å². The molecule has 0 spiro atoms. The molecule has 0 saturated carbocycles. The molecule has 0 aliphatic carbocycles. The van der Waals surface area contributed by atoms with Crippen molar-refractivity contribution in [1.29, 1.82) is 0 Å². The molecule has 0 bridgehead atoms. The van der Waals surface area contributed by atoms with Gasteiger partial charge in [0.05, 0.1) is 0 Å². The molecule has 0 saturated heterocycles. The zero-order valence-electron chi connectivity index (χ0n) is 16.1. The van der Waals surface area contributed by atoms with Crippen LogP contribution < -0.4 is 0 Å². The lowest BCUT2D eigenvalue weighted by Crippen LogP contribution is -2.10. The number of carbonyl (C=O) groups is 2. The molecule has 0 aliphatic rings. The summed E-state index contributed by atoms with van der Waals surface area (Å²) in [6.45, 7) is 4.09. The number of rotatable bonds is 16. The molecule has 0 rings (SSSR count). The van der Waals surface area contributed by atoms with Crippen LogP contribution in [0.3, 0.4) is 0 Å². The third-order valence-electron chi connectivity index (χ3n) is 3.60. The van der Waals surface area contributed by atoms with Crippen LogP contribution in [0.1, 0.15) is 90.9 Å². The van der Waals surface area contributed by atoms with E-state index in [1.54, 1.807) is 0 Å². The van der Waals surface area contributed by atoms with Gasteiger partial charge in [-0.3, -0.25) is 9.59 Å². The summed E-state index contributed by atoms with van der Waals surface area (Å²) >= 11 is 0. The first-order valence-electron chi connectivity index (χ1n) is 9.43. The second-order valence-corrected chi connectivity index (χ2v) is 9.17. The quantitative estimate of drug-likeness (QED) is 0.256. The Balaban J connectivity index is 4.57. The Kier molecular flexibility index (Phi) is 13.9. The van der Waals surface area contributed by atoms with E-state index >= 15 is 0 Å². The Hall–Kier alpha value is -0.720. The molecular weight excluding hydrogens is 398 g/mol. The number of phosphoric acid groups is 2. The molecule has 0 amide bonds. The van der Waals surface area contributed by atoms with E-state index in [4.69, 9.17) is 9.79 Å². The van der Waals surface area contributed by atoms with Gasteiger partial charge in [0.1, 0.15) is 0 Å². The minimum atomic E-state index is -5.30. The van der Waals surface area contributed by atoms with Crippen molar-refractivity contribution >= 4 is 27.6 Å². The predicted octanol–water partition coefficient (Wildman–Crippen LogP) is 5.01. The lowest BCUT2D eigenvalue weighted by Gasteiger charge is -2.17. The third kappa shape index (κ3) is 16.0. The van der Waals surface area contributed by atoms with Crippen LogP contribution in [0.25, 0.3) is 0 Å². The normalized spacial score (nSPS) is 12.0. The van der Waals surface area contributed by atoms with Gasteiger partial charge < -0.3 is 18.8 Å². The summed E-state index contributed by atoms with van der Waals surface area (Å²) in [5, 5.41) is 0. The molecule has 0 unspecified atom stereocenters. The summed E-state index contributed by atoms with van der Waals surface area (Å²) in [6.07, 6.45) is 8.14. The minimum absolute atomic E-state index is 0.118. The highest BCUT2D eigenvalue weighted by atomic mass is 31.3.